The van der Waals surface area contributed by atoms with E-state index in [-0.39, 0.29) is 6.10 Å². The number of nitrogens with one attached hydrogen (secondary N) is 1. The molecule has 1 amide bonds. The van der Waals surface area contributed by atoms with E-state index in [1.807, 2.05) is 19.9 Å². The van der Waals surface area contributed by atoms with E-state index in [0.29, 0.717) is 18.4 Å². The number of anilines is 1. The van der Waals surface area contributed by atoms with Crippen molar-refractivity contribution in [2.75, 3.05) is 18.4 Å². The minimum Gasteiger partial charge on any atom is -0.489 e. The van der Waals surface area contributed by atoms with Crippen molar-refractivity contribution in [3.8, 4) is 5.75 Å². The maximum absolute atomic E-state index is 10.8. The summed E-state index contributed by atoms with van der Waals surface area (Å²) in [5.41, 5.74) is 2.11. The van der Waals surface area contributed by atoms with Crippen LogP contribution in [0.2, 0.25) is 0 Å². The highest BCUT2D eigenvalue weighted by molar-refractivity contribution is 5.75. The average molecular weight is 302 g/mol. The second-order valence-electron chi connectivity index (χ2n) is 6.68. The lowest BCUT2D eigenvalue weighted by molar-refractivity contribution is -0.105. The Hall–Kier alpha value is -1.55. The SMILES string of the molecule is CC(C)Oc1cc([C@@H]2CCCN3CCC[C@@H]23)ccc1NC=O. The van der Waals surface area contributed by atoms with Crippen LogP contribution < -0.4 is 10.1 Å². The maximum Gasteiger partial charge on any atom is 0.211 e. The van der Waals surface area contributed by atoms with E-state index in [1.165, 1.54) is 44.3 Å². The molecule has 0 aliphatic carbocycles. The lowest BCUT2D eigenvalue weighted by Crippen LogP contribution is -2.39. The third-order valence-corrected chi connectivity index (χ3v) is 4.85. The molecule has 1 aromatic rings. The van der Waals surface area contributed by atoms with Gasteiger partial charge in [-0.1, -0.05) is 6.07 Å². The molecule has 1 aromatic carbocycles. The first-order valence-corrected chi connectivity index (χ1v) is 8.44. The molecule has 2 fully saturated rings. The number of benzene rings is 1. The first kappa shape index (κ1) is 15.3. The van der Waals surface area contributed by atoms with Crippen molar-refractivity contribution in [2.45, 2.75) is 57.6 Å². The summed E-state index contributed by atoms with van der Waals surface area (Å²) < 4.78 is 5.91. The van der Waals surface area contributed by atoms with Gasteiger partial charge in [-0.3, -0.25) is 9.69 Å². The lowest BCUT2D eigenvalue weighted by atomic mass is 9.83. The summed E-state index contributed by atoms with van der Waals surface area (Å²) in [5.74, 6) is 1.38. The molecule has 4 heteroatoms. The van der Waals surface area contributed by atoms with E-state index in [1.54, 1.807) is 0 Å². The van der Waals surface area contributed by atoms with Crippen LogP contribution in [0.3, 0.4) is 0 Å². The quantitative estimate of drug-likeness (QED) is 0.848. The third-order valence-electron chi connectivity index (χ3n) is 4.85. The van der Waals surface area contributed by atoms with Crippen molar-refractivity contribution < 1.29 is 9.53 Å². The standard InChI is InChI=1S/C18H26N2O2/c1-13(2)22-18-11-14(7-8-16(18)19-12-21)15-5-3-9-20-10-4-6-17(15)20/h7-8,11-13,15,17H,3-6,9-10H2,1-2H3,(H,19,21)/t15-,17-/m0/s1. The normalized spacial score (nSPS) is 25.0. The molecule has 0 aromatic heterocycles. The Balaban J connectivity index is 1.88. The molecule has 120 valence electrons. The maximum atomic E-state index is 10.8. The van der Waals surface area contributed by atoms with E-state index < -0.39 is 0 Å². The van der Waals surface area contributed by atoms with Crippen LogP contribution in [0.4, 0.5) is 5.69 Å². The predicted octanol–water partition coefficient (Wildman–Crippen LogP) is 3.38. The van der Waals surface area contributed by atoms with Gasteiger partial charge in [0.15, 0.2) is 0 Å². The van der Waals surface area contributed by atoms with Crippen LogP contribution >= 0.6 is 0 Å². The fraction of sp³-hybridized carbons (Fsp3) is 0.611. The lowest BCUT2D eigenvalue weighted by Gasteiger charge is -2.37. The van der Waals surface area contributed by atoms with Gasteiger partial charge in [-0.2, -0.15) is 0 Å². The number of fused-ring (bicyclic) bond motifs is 1. The number of rotatable bonds is 5. The van der Waals surface area contributed by atoms with Gasteiger partial charge >= 0.3 is 0 Å². The number of amides is 1. The van der Waals surface area contributed by atoms with Gasteiger partial charge in [0.05, 0.1) is 11.8 Å². The van der Waals surface area contributed by atoms with Crippen LogP contribution in [0.15, 0.2) is 18.2 Å². The topological polar surface area (TPSA) is 41.6 Å². The molecule has 2 atom stereocenters. The summed E-state index contributed by atoms with van der Waals surface area (Å²) in [5, 5.41) is 2.74. The van der Waals surface area contributed by atoms with Crippen LogP contribution in [0.1, 0.15) is 51.0 Å². The van der Waals surface area contributed by atoms with Crippen molar-refractivity contribution in [1.29, 1.82) is 0 Å². The van der Waals surface area contributed by atoms with Gasteiger partial charge in [0.25, 0.3) is 0 Å². The molecule has 2 aliphatic rings. The number of nitrogens with zero attached hydrogens (tertiary/aromatic N) is 1. The molecule has 22 heavy (non-hydrogen) atoms. The van der Waals surface area contributed by atoms with Gasteiger partial charge in [0.1, 0.15) is 5.75 Å². The molecule has 1 N–H and O–H groups in total. The number of carbonyl (C=O) groups is 1. The van der Waals surface area contributed by atoms with E-state index in [0.717, 1.165) is 11.4 Å². The molecule has 2 heterocycles. The average Bonchev–Trinajstić information content (AvgIpc) is 2.97. The number of piperidine rings is 1. The van der Waals surface area contributed by atoms with Gasteiger partial charge < -0.3 is 10.1 Å². The van der Waals surface area contributed by atoms with Crippen molar-refractivity contribution in [2.24, 2.45) is 0 Å². The van der Waals surface area contributed by atoms with Crippen molar-refractivity contribution in [1.82, 2.24) is 4.90 Å². The Kier molecular flexibility index (Phi) is 4.67. The summed E-state index contributed by atoms with van der Waals surface area (Å²) in [6.07, 6.45) is 5.96. The largest absolute Gasteiger partial charge is 0.489 e. The number of hydrogen-bond donors (Lipinski definition) is 1. The second kappa shape index (κ2) is 6.69. The Labute approximate surface area is 132 Å². The van der Waals surface area contributed by atoms with Crippen LogP contribution in [0, 0.1) is 0 Å². The highest BCUT2D eigenvalue weighted by atomic mass is 16.5. The molecular formula is C18H26N2O2. The van der Waals surface area contributed by atoms with Crippen molar-refractivity contribution >= 4 is 12.1 Å². The van der Waals surface area contributed by atoms with Gasteiger partial charge in [-0.15, -0.1) is 0 Å². The van der Waals surface area contributed by atoms with Crippen molar-refractivity contribution in [3.05, 3.63) is 23.8 Å². The molecule has 3 rings (SSSR count). The van der Waals surface area contributed by atoms with Crippen LogP contribution in [-0.4, -0.2) is 36.5 Å². The molecule has 0 radical (unpaired) electrons. The number of ether oxygens (including phenoxy) is 1. The fourth-order valence-electron chi connectivity index (χ4n) is 3.98. The van der Waals surface area contributed by atoms with Gasteiger partial charge in [-0.05, 0) is 76.2 Å². The Morgan fingerprint density at radius 3 is 2.77 bits per heavy atom. The Morgan fingerprint density at radius 1 is 1.27 bits per heavy atom. The first-order chi connectivity index (χ1) is 10.7. The predicted molar refractivity (Wildman–Crippen MR) is 88.5 cm³/mol. The van der Waals surface area contributed by atoms with E-state index in [2.05, 4.69) is 22.3 Å². The van der Waals surface area contributed by atoms with Crippen LogP contribution in [-0.2, 0) is 4.79 Å². The smallest absolute Gasteiger partial charge is 0.211 e. The Morgan fingerprint density at radius 2 is 2.05 bits per heavy atom. The molecular weight excluding hydrogens is 276 g/mol. The Bertz CT molecular complexity index is 530. The molecule has 2 aliphatic heterocycles. The highest BCUT2D eigenvalue weighted by Crippen LogP contribution is 2.40. The van der Waals surface area contributed by atoms with E-state index in [4.69, 9.17) is 4.74 Å². The zero-order valence-electron chi connectivity index (χ0n) is 13.5. The fourth-order valence-corrected chi connectivity index (χ4v) is 3.98. The summed E-state index contributed by atoms with van der Waals surface area (Å²) >= 11 is 0. The minimum absolute atomic E-state index is 0.0942. The molecule has 2 saturated heterocycles. The summed E-state index contributed by atoms with van der Waals surface area (Å²) in [6.45, 7) is 6.52. The molecule has 0 unspecified atom stereocenters. The van der Waals surface area contributed by atoms with E-state index >= 15 is 0 Å². The number of carbonyl (C=O) groups excluding carboxylic acids is 1. The zero-order chi connectivity index (χ0) is 15.5. The van der Waals surface area contributed by atoms with Gasteiger partial charge in [0, 0.05) is 6.04 Å². The summed E-state index contributed by atoms with van der Waals surface area (Å²) in [4.78, 5) is 13.4. The van der Waals surface area contributed by atoms with Gasteiger partial charge in [-0.25, -0.2) is 0 Å². The molecule has 0 saturated carbocycles. The monoisotopic (exact) mass is 302 g/mol. The van der Waals surface area contributed by atoms with E-state index in [9.17, 15) is 4.79 Å². The minimum atomic E-state index is 0.0942. The highest BCUT2D eigenvalue weighted by Gasteiger charge is 2.35. The molecule has 0 bridgehead atoms. The zero-order valence-corrected chi connectivity index (χ0v) is 13.5. The molecule has 4 nitrogen and oxygen atoms in total. The van der Waals surface area contributed by atoms with Crippen LogP contribution in [0.5, 0.6) is 5.75 Å². The summed E-state index contributed by atoms with van der Waals surface area (Å²) in [7, 11) is 0. The molecule has 0 spiro atoms. The number of hydrogen-bond acceptors (Lipinski definition) is 3. The first-order valence-electron chi connectivity index (χ1n) is 8.44. The third kappa shape index (κ3) is 3.12. The van der Waals surface area contributed by atoms with Crippen LogP contribution in [0.25, 0.3) is 0 Å². The van der Waals surface area contributed by atoms with Crippen molar-refractivity contribution in [3.63, 3.8) is 0 Å². The van der Waals surface area contributed by atoms with Gasteiger partial charge in [0.2, 0.25) is 6.41 Å². The second-order valence-corrected chi connectivity index (χ2v) is 6.68. The summed E-state index contributed by atoms with van der Waals surface area (Å²) in [6, 6.07) is 6.96.